The lowest BCUT2D eigenvalue weighted by molar-refractivity contribution is 0.107. The molecule has 0 aromatic rings. The van der Waals surface area contributed by atoms with Gasteiger partial charge in [0.05, 0.1) is 5.60 Å². The fraction of sp³-hybridized carbons (Fsp3) is 1.00. The lowest BCUT2D eigenvalue weighted by atomic mass is 10.2. The topological polar surface area (TPSA) is 46.2 Å². The predicted octanol–water partition coefficient (Wildman–Crippen LogP) is 1.23. The molecular formula is C8H19NOS. The molecule has 2 nitrogen and oxygen atoms in total. The van der Waals surface area contributed by atoms with Crippen LogP contribution in [0.1, 0.15) is 27.2 Å². The summed E-state index contributed by atoms with van der Waals surface area (Å²) in [6.07, 6.45) is 1.01. The fourth-order valence-corrected chi connectivity index (χ4v) is 1.73. The van der Waals surface area contributed by atoms with E-state index in [0.29, 0.717) is 0 Å². The SMILES string of the molecule is CCC(N)CSCC(C)(C)O. The summed E-state index contributed by atoms with van der Waals surface area (Å²) < 4.78 is 0. The molecule has 0 aliphatic heterocycles. The molecule has 0 saturated carbocycles. The van der Waals surface area contributed by atoms with Crippen molar-refractivity contribution in [2.75, 3.05) is 11.5 Å². The highest BCUT2D eigenvalue weighted by Crippen LogP contribution is 2.12. The van der Waals surface area contributed by atoms with E-state index in [1.54, 1.807) is 11.8 Å². The zero-order valence-electron chi connectivity index (χ0n) is 7.63. The largest absolute Gasteiger partial charge is 0.390 e. The van der Waals surface area contributed by atoms with Crippen LogP contribution in [0.5, 0.6) is 0 Å². The van der Waals surface area contributed by atoms with Gasteiger partial charge < -0.3 is 10.8 Å². The van der Waals surface area contributed by atoms with Gasteiger partial charge in [-0.2, -0.15) is 11.8 Å². The monoisotopic (exact) mass is 177 g/mol. The number of hydrogen-bond donors (Lipinski definition) is 2. The normalized spacial score (nSPS) is 15.0. The molecule has 0 bridgehead atoms. The molecule has 0 aliphatic carbocycles. The van der Waals surface area contributed by atoms with E-state index in [9.17, 15) is 5.11 Å². The first-order chi connectivity index (χ1) is 4.95. The second-order valence-electron chi connectivity index (χ2n) is 3.50. The molecule has 0 rings (SSSR count). The van der Waals surface area contributed by atoms with Gasteiger partial charge in [-0.1, -0.05) is 6.92 Å². The van der Waals surface area contributed by atoms with E-state index in [-0.39, 0.29) is 6.04 Å². The van der Waals surface area contributed by atoms with Gasteiger partial charge in [-0.3, -0.25) is 0 Å². The second kappa shape index (κ2) is 5.01. The number of thioether (sulfide) groups is 1. The maximum atomic E-state index is 9.34. The third-order valence-corrected chi connectivity index (χ3v) is 2.89. The maximum Gasteiger partial charge on any atom is 0.0681 e. The van der Waals surface area contributed by atoms with Crippen LogP contribution in [0.15, 0.2) is 0 Å². The van der Waals surface area contributed by atoms with Gasteiger partial charge in [0.25, 0.3) is 0 Å². The molecule has 11 heavy (non-hydrogen) atoms. The molecule has 0 spiro atoms. The van der Waals surface area contributed by atoms with Gasteiger partial charge in [-0.15, -0.1) is 0 Å². The Hall–Kier alpha value is 0.270. The van der Waals surface area contributed by atoms with E-state index >= 15 is 0 Å². The quantitative estimate of drug-likeness (QED) is 0.664. The van der Waals surface area contributed by atoms with E-state index in [4.69, 9.17) is 5.73 Å². The summed E-state index contributed by atoms with van der Waals surface area (Å²) >= 11 is 1.72. The van der Waals surface area contributed by atoms with Crippen LogP contribution in [0.2, 0.25) is 0 Å². The highest BCUT2D eigenvalue weighted by atomic mass is 32.2. The van der Waals surface area contributed by atoms with Crippen LogP contribution < -0.4 is 5.73 Å². The molecule has 3 N–H and O–H groups in total. The van der Waals surface area contributed by atoms with Crippen molar-refractivity contribution in [2.24, 2.45) is 5.73 Å². The zero-order chi connectivity index (χ0) is 8.91. The molecule has 0 aromatic heterocycles. The first kappa shape index (κ1) is 11.3. The summed E-state index contributed by atoms with van der Waals surface area (Å²) in [5.41, 5.74) is 5.14. The Morgan fingerprint density at radius 3 is 2.45 bits per heavy atom. The average Bonchev–Trinajstić information content (AvgIpc) is 1.85. The minimum absolute atomic E-state index is 0.280. The number of aliphatic hydroxyl groups is 1. The van der Waals surface area contributed by atoms with Gasteiger partial charge in [-0.25, -0.2) is 0 Å². The van der Waals surface area contributed by atoms with Gasteiger partial charge >= 0.3 is 0 Å². The first-order valence-corrected chi connectivity index (χ1v) is 5.17. The second-order valence-corrected chi connectivity index (χ2v) is 4.53. The molecule has 0 aliphatic rings. The predicted molar refractivity (Wildman–Crippen MR) is 51.9 cm³/mol. The van der Waals surface area contributed by atoms with Crippen molar-refractivity contribution in [1.29, 1.82) is 0 Å². The summed E-state index contributed by atoms with van der Waals surface area (Å²) in [5, 5.41) is 9.34. The number of hydrogen-bond acceptors (Lipinski definition) is 3. The van der Waals surface area contributed by atoms with Crippen LogP contribution in [0, 0.1) is 0 Å². The Kier molecular flexibility index (Phi) is 5.13. The molecular weight excluding hydrogens is 158 g/mol. The standard InChI is InChI=1S/C8H19NOS/c1-4-7(9)5-11-6-8(2,3)10/h7,10H,4-6,9H2,1-3H3. The molecule has 0 amide bonds. The molecule has 0 aromatic carbocycles. The van der Waals surface area contributed by atoms with Crippen molar-refractivity contribution in [1.82, 2.24) is 0 Å². The van der Waals surface area contributed by atoms with Crippen molar-refractivity contribution in [3.63, 3.8) is 0 Å². The van der Waals surface area contributed by atoms with Gasteiger partial charge in [0.15, 0.2) is 0 Å². The third-order valence-electron chi connectivity index (χ3n) is 1.31. The van der Waals surface area contributed by atoms with Crippen LogP contribution in [-0.4, -0.2) is 28.3 Å². The van der Waals surface area contributed by atoms with Crippen molar-refractivity contribution in [3.05, 3.63) is 0 Å². The van der Waals surface area contributed by atoms with Gasteiger partial charge in [0.2, 0.25) is 0 Å². The van der Waals surface area contributed by atoms with Crippen molar-refractivity contribution < 1.29 is 5.11 Å². The summed E-state index contributed by atoms with van der Waals surface area (Å²) in [5.74, 6) is 1.71. The van der Waals surface area contributed by atoms with Crippen molar-refractivity contribution in [3.8, 4) is 0 Å². The summed E-state index contributed by atoms with van der Waals surface area (Å²) in [4.78, 5) is 0. The summed E-state index contributed by atoms with van der Waals surface area (Å²) in [7, 11) is 0. The van der Waals surface area contributed by atoms with Crippen LogP contribution in [0.4, 0.5) is 0 Å². The average molecular weight is 177 g/mol. The van der Waals surface area contributed by atoms with Crippen molar-refractivity contribution >= 4 is 11.8 Å². The Labute approximate surface area is 73.6 Å². The van der Waals surface area contributed by atoms with Crippen LogP contribution in [0.25, 0.3) is 0 Å². The molecule has 68 valence electrons. The minimum Gasteiger partial charge on any atom is -0.390 e. The van der Waals surface area contributed by atoms with Crippen molar-refractivity contribution in [2.45, 2.75) is 38.8 Å². The third kappa shape index (κ3) is 8.17. The van der Waals surface area contributed by atoms with Gasteiger partial charge in [-0.05, 0) is 20.3 Å². The molecule has 0 heterocycles. The van der Waals surface area contributed by atoms with Gasteiger partial charge in [0.1, 0.15) is 0 Å². The Bertz CT molecular complexity index is 101. The molecule has 0 radical (unpaired) electrons. The smallest absolute Gasteiger partial charge is 0.0681 e. The maximum absolute atomic E-state index is 9.34. The molecule has 0 saturated heterocycles. The van der Waals surface area contributed by atoms with E-state index in [1.807, 2.05) is 13.8 Å². The zero-order valence-corrected chi connectivity index (χ0v) is 8.45. The molecule has 0 fully saturated rings. The lowest BCUT2D eigenvalue weighted by Gasteiger charge is -2.17. The Morgan fingerprint density at radius 1 is 1.55 bits per heavy atom. The number of rotatable bonds is 5. The van der Waals surface area contributed by atoms with E-state index in [0.717, 1.165) is 17.9 Å². The summed E-state index contributed by atoms with van der Waals surface area (Å²) in [6, 6.07) is 0.280. The number of nitrogens with two attached hydrogens (primary N) is 1. The molecule has 1 unspecified atom stereocenters. The minimum atomic E-state index is -0.557. The van der Waals surface area contributed by atoms with E-state index < -0.39 is 5.60 Å². The highest BCUT2D eigenvalue weighted by molar-refractivity contribution is 7.99. The highest BCUT2D eigenvalue weighted by Gasteiger charge is 2.12. The van der Waals surface area contributed by atoms with E-state index in [2.05, 4.69) is 6.92 Å². The van der Waals surface area contributed by atoms with Crippen LogP contribution in [-0.2, 0) is 0 Å². The molecule has 1 atom stereocenters. The van der Waals surface area contributed by atoms with Gasteiger partial charge in [0, 0.05) is 17.5 Å². The van der Waals surface area contributed by atoms with E-state index in [1.165, 1.54) is 0 Å². The fourth-order valence-electron chi connectivity index (χ4n) is 0.578. The first-order valence-electron chi connectivity index (χ1n) is 4.01. The Balaban J connectivity index is 3.28. The lowest BCUT2D eigenvalue weighted by Crippen LogP contribution is -2.26. The van der Waals surface area contributed by atoms with Crippen LogP contribution in [0.3, 0.4) is 0 Å². The molecule has 3 heteroatoms. The summed E-state index contributed by atoms with van der Waals surface area (Å²) in [6.45, 7) is 5.71. The Morgan fingerprint density at radius 2 is 2.09 bits per heavy atom. The van der Waals surface area contributed by atoms with Crippen LogP contribution >= 0.6 is 11.8 Å².